The number of nitrogens with zero attached hydrogens (tertiary/aromatic N) is 12. The maximum absolute atomic E-state index is 15.5. The first-order valence-corrected chi connectivity index (χ1v) is 33.0. The molecule has 0 spiro atoms. The zero-order valence-corrected chi connectivity index (χ0v) is 55.8. The average Bonchev–Trinajstić information content (AvgIpc) is 1.60. The molecule has 0 radical (unpaired) electrons. The third-order valence-corrected chi connectivity index (χ3v) is 18.4. The first kappa shape index (κ1) is 78.8. The molecule has 43 heteroatoms. The van der Waals surface area contributed by atoms with Crippen molar-refractivity contribution < 1.29 is 83.9 Å². The van der Waals surface area contributed by atoms with E-state index in [4.69, 9.17) is 58.4 Å². The predicted molar refractivity (Wildman–Crippen MR) is 340 cm³/mol. The third kappa shape index (κ3) is 20.0. The van der Waals surface area contributed by atoms with Crippen molar-refractivity contribution >= 4 is 27.4 Å². The molecule has 0 bridgehead atoms. The number of hydrogen-bond donors (Lipinski definition) is 7. The van der Waals surface area contributed by atoms with Gasteiger partial charge in [-0.3, -0.25) is 61.7 Å². The van der Waals surface area contributed by atoms with E-state index < -0.39 is 190 Å². The highest BCUT2D eigenvalue weighted by Crippen LogP contribution is 2.51. The molecule has 3 saturated heterocycles. The Labute approximate surface area is 557 Å². The molecule has 538 valence electrons. The van der Waals surface area contributed by atoms with Gasteiger partial charge < -0.3 is 42.9 Å². The van der Waals surface area contributed by atoms with E-state index in [-0.39, 0.29) is 18.0 Å². The lowest BCUT2D eigenvalue weighted by molar-refractivity contribution is -0.150. The Kier molecular flexibility index (Phi) is 27.5. The van der Waals surface area contributed by atoms with E-state index in [1.54, 1.807) is 64.1 Å². The highest BCUT2D eigenvalue weighted by molar-refractivity contribution is 7.52. The molecule has 3 aromatic heterocycles. The molecule has 7 N–H and O–H groups in total. The van der Waals surface area contributed by atoms with Crippen LogP contribution >= 0.6 is 15.5 Å². The van der Waals surface area contributed by atoms with Gasteiger partial charge in [-0.25, -0.2) is 36.7 Å². The molecule has 2 aromatic carbocycles. The van der Waals surface area contributed by atoms with Crippen molar-refractivity contribution in [1.29, 1.82) is 0 Å². The number of aromatic nitrogens is 6. The van der Waals surface area contributed by atoms with E-state index in [2.05, 4.69) is 40.3 Å². The summed E-state index contributed by atoms with van der Waals surface area (Å²) < 4.78 is 125. The number of aliphatic hydroxyl groups is 2. The number of hydrogen-bond acceptors (Lipinski definition) is 24. The van der Waals surface area contributed by atoms with Crippen LogP contribution in [0.1, 0.15) is 74.1 Å². The van der Waals surface area contributed by atoms with Crippen LogP contribution in [0, 0.1) is 11.8 Å². The Balaban J connectivity index is 0.000000245. The summed E-state index contributed by atoms with van der Waals surface area (Å²) in [5.74, 6) is -3.13. The second-order valence-electron chi connectivity index (χ2n) is 23.0. The number of carbonyl (C=O) groups is 2. The van der Waals surface area contributed by atoms with Crippen LogP contribution in [0.5, 0.6) is 11.5 Å². The lowest BCUT2D eigenvalue weighted by atomic mass is 9.88. The predicted octanol–water partition coefficient (Wildman–Crippen LogP) is 5.25. The van der Waals surface area contributed by atoms with E-state index >= 15 is 8.78 Å². The Bertz CT molecular complexity index is 4020. The van der Waals surface area contributed by atoms with E-state index in [1.165, 1.54) is 52.0 Å². The zero-order valence-electron chi connectivity index (χ0n) is 54.0. The number of nitrogens with one attached hydrogen (secondary N) is 5. The van der Waals surface area contributed by atoms with Gasteiger partial charge in [0, 0.05) is 63.4 Å². The normalized spacial score (nSPS) is 26.4. The topological polar surface area (TPSA) is 527 Å². The first-order valence-electron chi connectivity index (χ1n) is 29.9. The van der Waals surface area contributed by atoms with Gasteiger partial charge in [-0.2, -0.15) is 10.2 Å². The number of para-hydroxylation sites is 2. The zero-order chi connectivity index (χ0) is 73.2. The van der Waals surface area contributed by atoms with E-state index in [0.717, 1.165) is 45.9 Å². The number of azide groups is 3. The van der Waals surface area contributed by atoms with E-state index in [1.807, 2.05) is 15.0 Å². The number of rotatable bonds is 28. The van der Waals surface area contributed by atoms with Gasteiger partial charge in [-0.05, 0) is 82.4 Å². The SMILES string of the molecule is CC(C)OC(=O)[C@H](C)NP(=O)(OC[C@@]1(CN=[N+]=[N-])O[C@@H](n2ccc(=O)[nH]c2=O)[C@H](F)[C@@H]1C)Oc1ccccc1.CC(C)OC(=O)[C@H](C)NP(=O)(OC[C@@]1(CN=[N+]=[N-])O[C@@H](n2ccc(=O)[nH]c2=O)[C@H](F)[C@@H]1O)Oc1ccccc1.C[C@H]1[C@@H](F)[C@H](n2ccc(=O)[nH]c2=O)O[C@@]1(CO)CN=[N+]=[N-]. The monoisotopic (exact) mass is 1440 g/mol. The fourth-order valence-corrected chi connectivity index (χ4v) is 12.9. The molecule has 99 heavy (non-hydrogen) atoms. The molecule has 3 aliphatic heterocycles. The minimum atomic E-state index is -4.49. The Morgan fingerprint density at radius 1 is 0.566 bits per heavy atom. The molecule has 6 heterocycles. The maximum atomic E-state index is 15.5. The van der Waals surface area contributed by atoms with E-state index in [0.29, 0.717) is 4.57 Å². The summed E-state index contributed by atoms with van der Waals surface area (Å²) in [6, 6.07) is 16.4. The molecule has 0 saturated carbocycles. The standard InChI is InChI=1S/C23H30FN6O8P.C22H28FN6O9P.C11H14FN5O4/c1-14(2)36-21(32)16(4)28-39(34,38-17-8-6-5-7-9-17)35-13-23(12-26-29-25)15(3)19(24)20(37-23)30-11-10-18(31)27-22(30)33;1-13(2)36-20(32)14(3)27-39(34,38-15-7-5-4-6-8-15)35-12-22(11-25-28-24)18(31)17(23)19(37-22)29-10-9-16(30)26-21(29)33;1-6-8(12)9(17-3-2-7(19)15-10(17)20)21-11(6,5-18)4-14-16-13/h5-11,14-16,19-20H,12-13H2,1-4H3,(H,28,34)(H,27,31,33);4-10,13-14,17-19,31H,11-12H2,1-3H3,(H,27,34)(H,26,30,33);2-3,6,8-9,18H,4-5H2,1H3,(H,15,19,20)/t15-,16-,19+,20+,23+,39?;14-,17+,18-,19+,22+,39?;6-,8+,9+,11+/m000/s1. The number of H-pyrrole nitrogens is 3. The quantitative estimate of drug-likeness (QED) is 0.0110. The second kappa shape index (κ2) is 34.6. The van der Waals surface area contributed by atoms with Crippen LogP contribution < -0.4 is 53.0 Å². The van der Waals surface area contributed by atoms with Gasteiger partial charge in [0.25, 0.3) is 16.7 Å². The smallest absolute Gasteiger partial charge is 0.459 e. The van der Waals surface area contributed by atoms with Crippen LogP contribution in [0.3, 0.4) is 0 Å². The van der Waals surface area contributed by atoms with Crippen molar-refractivity contribution in [2.24, 2.45) is 27.2 Å². The molecule has 8 rings (SSSR count). The van der Waals surface area contributed by atoms with Gasteiger partial charge in [-0.15, -0.1) is 0 Å². The van der Waals surface area contributed by atoms with Gasteiger partial charge in [0.15, 0.2) is 37.2 Å². The minimum absolute atomic E-state index is 0.0794. The number of carbonyl (C=O) groups excluding carboxylic acids is 2. The summed E-state index contributed by atoms with van der Waals surface area (Å²) in [6.45, 7) is 8.70. The number of esters is 2. The van der Waals surface area contributed by atoms with Gasteiger partial charge in [-0.1, -0.05) is 65.6 Å². The average molecular weight is 1440 g/mol. The molecule has 3 fully saturated rings. The van der Waals surface area contributed by atoms with Crippen LogP contribution in [0.2, 0.25) is 0 Å². The largest absolute Gasteiger partial charge is 0.462 e. The third-order valence-electron chi connectivity index (χ3n) is 15.2. The van der Waals surface area contributed by atoms with Gasteiger partial charge in [0.2, 0.25) is 0 Å². The molecule has 0 amide bonds. The molecule has 16 atom stereocenters. The van der Waals surface area contributed by atoms with Gasteiger partial charge in [0.05, 0.1) is 51.7 Å². The van der Waals surface area contributed by atoms with Gasteiger partial charge >= 0.3 is 44.5 Å². The number of aromatic amines is 3. The Hall–Kier alpha value is -9.16. The van der Waals surface area contributed by atoms with Crippen molar-refractivity contribution in [2.45, 2.75) is 140 Å². The summed E-state index contributed by atoms with van der Waals surface area (Å²) in [5.41, 5.74) is 16.1. The molecule has 2 unspecified atom stereocenters. The Morgan fingerprint density at radius 3 is 1.24 bits per heavy atom. The fraction of sp³-hybridized carbons (Fsp3) is 0.536. The summed E-state index contributed by atoms with van der Waals surface area (Å²) in [7, 11) is -8.87. The van der Waals surface area contributed by atoms with Crippen molar-refractivity contribution in [3.63, 3.8) is 0 Å². The first-order chi connectivity index (χ1) is 46.7. The lowest BCUT2D eigenvalue weighted by Gasteiger charge is -2.33. The molecule has 0 aliphatic carbocycles. The molecule has 5 aromatic rings. The number of benzene rings is 2. The minimum Gasteiger partial charge on any atom is -0.462 e. The number of ether oxygens (including phenoxy) is 5. The van der Waals surface area contributed by atoms with Crippen molar-refractivity contribution in [2.75, 3.05) is 39.5 Å². The molecule has 38 nitrogen and oxygen atoms in total. The molecular formula is C56H72F3N17O21P2. The fourth-order valence-electron chi connectivity index (χ4n) is 9.85. The van der Waals surface area contributed by atoms with Crippen molar-refractivity contribution in [3.05, 3.63) is 191 Å². The van der Waals surface area contributed by atoms with Crippen molar-refractivity contribution in [3.8, 4) is 11.5 Å². The highest BCUT2D eigenvalue weighted by Gasteiger charge is 2.59. The molecular weight excluding hydrogens is 1370 g/mol. The van der Waals surface area contributed by atoms with E-state index in [9.17, 15) is 62.1 Å². The highest BCUT2D eigenvalue weighted by atomic mass is 31.2. The summed E-state index contributed by atoms with van der Waals surface area (Å²) in [6.07, 6.45) is -10.1. The van der Waals surface area contributed by atoms with Crippen LogP contribution in [-0.4, -0.2) is 156 Å². The van der Waals surface area contributed by atoms with Crippen LogP contribution in [0.4, 0.5) is 13.2 Å². The maximum Gasteiger partial charge on any atom is 0.459 e. The van der Waals surface area contributed by atoms with Crippen LogP contribution in [0.25, 0.3) is 31.3 Å². The molecule has 3 aliphatic rings. The summed E-state index contributed by atoms with van der Waals surface area (Å²) in [4.78, 5) is 109. The van der Waals surface area contributed by atoms with Gasteiger partial charge in [0.1, 0.15) is 46.5 Å². The van der Waals surface area contributed by atoms with Crippen LogP contribution in [-0.2, 0) is 51.5 Å². The number of alkyl halides is 3. The Morgan fingerprint density at radius 2 is 0.889 bits per heavy atom. The van der Waals surface area contributed by atoms with Crippen LogP contribution in [0.15, 0.2) is 142 Å². The second-order valence-corrected chi connectivity index (χ2v) is 26.4. The summed E-state index contributed by atoms with van der Waals surface area (Å²) >= 11 is 0. The number of halogens is 3. The summed E-state index contributed by atoms with van der Waals surface area (Å²) in [5, 5.41) is 35.4. The number of aliphatic hydroxyl groups excluding tert-OH is 2. The lowest BCUT2D eigenvalue weighted by Crippen LogP contribution is -2.49. The van der Waals surface area contributed by atoms with Crippen molar-refractivity contribution in [1.82, 2.24) is 38.8 Å².